The van der Waals surface area contributed by atoms with Gasteiger partial charge in [0.1, 0.15) is 12.6 Å². The van der Waals surface area contributed by atoms with Gasteiger partial charge in [-0.1, -0.05) is 102 Å². The summed E-state index contributed by atoms with van der Waals surface area (Å²) in [6.45, 7) is 6.71. The highest BCUT2D eigenvalue weighted by atomic mass is 35.5. The van der Waals surface area contributed by atoms with Crippen LogP contribution in [0.25, 0.3) is 0 Å². The van der Waals surface area contributed by atoms with Gasteiger partial charge in [-0.05, 0) is 80.3 Å². The summed E-state index contributed by atoms with van der Waals surface area (Å²) in [5.74, 6) is -0.972. The first kappa shape index (κ1) is 36.3. The predicted molar refractivity (Wildman–Crippen MR) is 191 cm³/mol. The Balaban J connectivity index is 1.86. The van der Waals surface area contributed by atoms with Gasteiger partial charge < -0.3 is 10.2 Å². The number of nitrogens with one attached hydrogen (secondary N) is 1. The number of aryl methyl sites for hydroxylation is 1. The Bertz CT molecular complexity index is 1820. The van der Waals surface area contributed by atoms with Crippen LogP contribution in [-0.2, 0) is 32.6 Å². The molecule has 0 spiro atoms. The molecule has 0 aliphatic rings. The van der Waals surface area contributed by atoms with E-state index in [1.54, 1.807) is 55.5 Å². The average molecular weight is 715 g/mol. The van der Waals surface area contributed by atoms with Gasteiger partial charge in [-0.25, -0.2) is 8.42 Å². The van der Waals surface area contributed by atoms with Crippen LogP contribution in [0.1, 0.15) is 42.5 Å². The highest BCUT2D eigenvalue weighted by Gasteiger charge is 2.35. The van der Waals surface area contributed by atoms with E-state index in [-0.39, 0.29) is 35.5 Å². The number of halogens is 3. The highest BCUT2D eigenvalue weighted by molar-refractivity contribution is 7.92. The molecule has 0 bridgehead atoms. The molecule has 1 N–H and O–H groups in total. The fourth-order valence-corrected chi connectivity index (χ4v) is 7.16. The minimum atomic E-state index is -4.27. The second-order valence-corrected chi connectivity index (χ2v) is 14.6. The van der Waals surface area contributed by atoms with Crippen molar-refractivity contribution in [3.63, 3.8) is 0 Å². The minimum absolute atomic E-state index is 0.0120. The summed E-state index contributed by atoms with van der Waals surface area (Å²) in [5.41, 5.74) is 2.99. The second-order valence-electron chi connectivity index (χ2n) is 11.5. The third-order valence-electron chi connectivity index (χ3n) is 8.02. The standard InChI is InChI=1S/C36H38Cl3N3O4S/c1-5-25(3)40-36(44)34(20-27-10-7-6-8-11-27)41(22-28-16-17-29(37)21-32(28)39)35(43)23-42(33-13-9-12-31(38)26(33)4)47(45,46)30-18-14-24(2)15-19-30/h6-19,21,25,34H,5,20,22-23H2,1-4H3,(H,40,44)/t25-,34-/m1/s1. The fourth-order valence-electron chi connectivity index (χ4n) is 5.05. The summed E-state index contributed by atoms with van der Waals surface area (Å²) < 4.78 is 29.6. The molecule has 0 fully saturated rings. The number of anilines is 1. The van der Waals surface area contributed by atoms with Gasteiger partial charge in [0.25, 0.3) is 10.0 Å². The second kappa shape index (κ2) is 16.0. The van der Waals surface area contributed by atoms with Crippen molar-refractivity contribution in [1.82, 2.24) is 10.2 Å². The monoisotopic (exact) mass is 713 g/mol. The molecule has 0 unspecified atom stereocenters. The molecule has 11 heteroatoms. The number of carbonyl (C=O) groups is 2. The molecule has 0 aromatic heterocycles. The first-order chi connectivity index (χ1) is 22.3. The molecule has 0 saturated heterocycles. The van der Waals surface area contributed by atoms with E-state index < -0.39 is 28.5 Å². The summed E-state index contributed by atoms with van der Waals surface area (Å²) in [4.78, 5) is 30.1. The van der Waals surface area contributed by atoms with Crippen LogP contribution >= 0.6 is 34.8 Å². The van der Waals surface area contributed by atoms with Gasteiger partial charge in [0.15, 0.2) is 0 Å². The van der Waals surface area contributed by atoms with E-state index in [4.69, 9.17) is 34.8 Å². The lowest BCUT2D eigenvalue weighted by atomic mass is 10.0. The predicted octanol–water partition coefficient (Wildman–Crippen LogP) is 8.01. The van der Waals surface area contributed by atoms with Crippen LogP contribution in [0.4, 0.5) is 5.69 Å². The van der Waals surface area contributed by atoms with Crippen molar-refractivity contribution in [1.29, 1.82) is 0 Å². The van der Waals surface area contributed by atoms with E-state index >= 15 is 0 Å². The van der Waals surface area contributed by atoms with Crippen molar-refractivity contribution in [3.8, 4) is 0 Å². The number of nitrogens with zero attached hydrogens (tertiary/aromatic N) is 2. The van der Waals surface area contributed by atoms with E-state index in [1.165, 1.54) is 17.0 Å². The van der Waals surface area contributed by atoms with Gasteiger partial charge in [0, 0.05) is 34.1 Å². The summed E-state index contributed by atoms with van der Waals surface area (Å²) in [5, 5.41) is 4.09. The van der Waals surface area contributed by atoms with Crippen molar-refractivity contribution < 1.29 is 18.0 Å². The quantitative estimate of drug-likeness (QED) is 0.152. The maximum absolute atomic E-state index is 14.7. The van der Waals surface area contributed by atoms with Gasteiger partial charge in [0.2, 0.25) is 11.8 Å². The van der Waals surface area contributed by atoms with E-state index in [1.807, 2.05) is 51.1 Å². The van der Waals surface area contributed by atoms with Crippen molar-refractivity contribution in [2.75, 3.05) is 10.8 Å². The molecular formula is C36H38Cl3N3O4S. The zero-order valence-electron chi connectivity index (χ0n) is 26.7. The van der Waals surface area contributed by atoms with Crippen LogP contribution in [-0.4, -0.2) is 43.8 Å². The first-order valence-corrected chi connectivity index (χ1v) is 17.8. The zero-order chi connectivity index (χ0) is 34.3. The molecule has 4 aromatic carbocycles. The normalized spacial score (nSPS) is 12.7. The number of hydrogen-bond acceptors (Lipinski definition) is 4. The number of carbonyl (C=O) groups excluding carboxylic acids is 2. The van der Waals surface area contributed by atoms with Gasteiger partial charge >= 0.3 is 0 Å². The van der Waals surface area contributed by atoms with Crippen LogP contribution in [0.15, 0.2) is 95.9 Å². The molecule has 7 nitrogen and oxygen atoms in total. The zero-order valence-corrected chi connectivity index (χ0v) is 29.8. The van der Waals surface area contributed by atoms with Gasteiger partial charge in [-0.15, -0.1) is 0 Å². The lowest BCUT2D eigenvalue weighted by molar-refractivity contribution is -0.140. The number of benzene rings is 4. The largest absolute Gasteiger partial charge is 0.352 e. The summed E-state index contributed by atoms with van der Waals surface area (Å²) in [7, 11) is -4.27. The molecule has 47 heavy (non-hydrogen) atoms. The molecule has 4 rings (SSSR count). The average Bonchev–Trinajstić information content (AvgIpc) is 3.04. The van der Waals surface area contributed by atoms with Crippen LogP contribution < -0.4 is 9.62 Å². The van der Waals surface area contributed by atoms with Gasteiger partial charge in [-0.3, -0.25) is 13.9 Å². The van der Waals surface area contributed by atoms with Gasteiger partial charge in [-0.2, -0.15) is 0 Å². The van der Waals surface area contributed by atoms with E-state index in [0.717, 1.165) is 15.4 Å². The molecule has 0 heterocycles. The molecular weight excluding hydrogens is 677 g/mol. The molecule has 4 aromatic rings. The Labute approximate surface area is 292 Å². The van der Waals surface area contributed by atoms with Crippen molar-refractivity contribution in [2.45, 2.75) is 64.1 Å². The maximum Gasteiger partial charge on any atom is 0.264 e. The Morgan fingerprint density at radius 2 is 1.53 bits per heavy atom. The molecule has 2 amide bonds. The molecule has 0 radical (unpaired) electrons. The lowest BCUT2D eigenvalue weighted by Crippen LogP contribution is -2.54. The SMILES string of the molecule is CC[C@@H](C)NC(=O)[C@@H](Cc1ccccc1)N(Cc1ccc(Cl)cc1Cl)C(=O)CN(c1cccc(Cl)c1C)S(=O)(=O)c1ccc(C)cc1. The molecule has 0 saturated carbocycles. The number of rotatable bonds is 13. The summed E-state index contributed by atoms with van der Waals surface area (Å²) in [6, 6.07) is 24.4. The van der Waals surface area contributed by atoms with Crippen molar-refractivity contribution in [2.24, 2.45) is 0 Å². The molecule has 248 valence electrons. The van der Waals surface area contributed by atoms with E-state index in [9.17, 15) is 18.0 Å². The Morgan fingerprint density at radius 3 is 2.17 bits per heavy atom. The third kappa shape index (κ3) is 9.08. The Hall–Kier alpha value is -3.56. The van der Waals surface area contributed by atoms with Crippen molar-refractivity contribution >= 4 is 62.3 Å². The Kier molecular flexibility index (Phi) is 12.4. The maximum atomic E-state index is 14.7. The molecule has 0 aliphatic heterocycles. The first-order valence-electron chi connectivity index (χ1n) is 15.2. The van der Waals surface area contributed by atoms with Crippen LogP contribution in [0, 0.1) is 13.8 Å². The van der Waals surface area contributed by atoms with Crippen LogP contribution in [0.5, 0.6) is 0 Å². The summed E-state index contributed by atoms with van der Waals surface area (Å²) >= 11 is 19.2. The van der Waals surface area contributed by atoms with Crippen molar-refractivity contribution in [3.05, 3.63) is 128 Å². The topological polar surface area (TPSA) is 86.8 Å². The van der Waals surface area contributed by atoms with Crippen LogP contribution in [0.3, 0.4) is 0 Å². The summed E-state index contributed by atoms with van der Waals surface area (Å²) in [6.07, 6.45) is 0.859. The van der Waals surface area contributed by atoms with Gasteiger partial charge in [0.05, 0.1) is 10.6 Å². The Morgan fingerprint density at radius 1 is 0.851 bits per heavy atom. The number of hydrogen-bond donors (Lipinski definition) is 1. The van der Waals surface area contributed by atoms with E-state index in [2.05, 4.69) is 5.32 Å². The fraction of sp³-hybridized carbons (Fsp3) is 0.278. The van der Waals surface area contributed by atoms with Crippen LogP contribution in [0.2, 0.25) is 15.1 Å². The number of amides is 2. The smallest absolute Gasteiger partial charge is 0.264 e. The third-order valence-corrected chi connectivity index (χ3v) is 10.8. The highest BCUT2D eigenvalue weighted by Crippen LogP contribution is 2.32. The number of sulfonamides is 1. The minimum Gasteiger partial charge on any atom is -0.352 e. The van der Waals surface area contributed by atoms with E-state index in [0.29, 0.717) is 32.6 Å². The lowest BCUT2D eigenvalue weighted by Gasteiger charge is -2.35. The molecule has 0 aliphatic carbocycles. The molecule has 2 atom stereocenters.